The highest BCUT2D eigenvalue weighted by atomic mass is 32.1. The van der Waals surface area contributed by atoms with Gasteiger partial charge in [-0.3, -0.25) is 0 Å². The molecule has 0 radical (unpaired) electrons. The summed E-state index contributed by atoms with van der Waals surface area (Å²) in [5.41, 5.74) is 3.75. The van der Waals surface area contributed by atoms with Crippen molar-refractivity contribution in [3.05, 3.63) is 45.9 Å². The van der Waals surface area contributed by atoms with E-state index in [4.69, 9.17) is 0 Å². The quantitative estimate of drug-likeness (QED) is 0.851. The fourth-order valence-electron chi connectivity index (χ4n) is 2.03. The fourth-order valence-corrected chi connectivity index (χ4v) is 2.74. The number of aryl methyl sites for hydroxylation is 2. The Hall–Kier alpha value is -1.35. The molecule has 1 N–H and O–H groups in total. The van der Waals surface area contributed by atoms with Crippen LogP contribution in [0.25, 0.3) is 0 Å². The molecule has 2 nitrogen and oxygen atoms in total. The second kappa shape index (κ2) is 6.01. The lowest BCUT2D eigenvalue weighted by atomic mass is 10.1. The van der Waals surface area contributed by atoms with Crippen molar-refractivity contribution in [3.8, 4) is 0 Å². The van der Waals surface area contributed by atoms with Crippen LogP contribution in [-0.4, -0.2) is 4.98 Å². The maximum atomic E-state index is 4.54. The minimum atomic E-state index is 0.257. The van der Waals surface area contributed by atoms with Gasteiger partial charge in [0.15, 0.2) is 0 Å². The normalized spacial score (nSPS) is 12.4. The van der Waals surface area contributed by atoms with E-state index < -0.39 is 0 Å². The first kappa shape index (κ1) is 13.1. The number of benzene rings is 1. The second-order valence-corrected chi connectivity index (χ2v) is 5.63. The van der Waals surface area contributed by atoms with Crippen molar-refractivity contribution in [2.24, 2.45) is 0 Å². The van der Waals surface area contributed by atoms with Crippen LogP contribution in [0, 0.1) is 6.92 Å². The maximum Gasteiger partial charge on any atom is 0.0898 e. The molecule has 96 valence electrons. The van der Waals surface area contributed by atoms with E-state index in [9.17, 15) is 0 Å². The molecule has 0 amide bonds. The van der Waals surface area contributed by atoms with Crippen molar-refractivity contribution in [2.45, 2.75) is 39.7 Å². The summed E-state index contributed by atoms with van der Waals surface area (Å²) in [5.74, 6) is 0. The molecule has 3 heteroatoms. The molecular weight excluding hydrogens is 240 g/mol. The molecule has 1 heterocycles. The van der Waals surface area contributed by atoms with Gasteiger partial charge in [-0.1, -0.05) is 31.5 Å². The maximum absolute atomic E-state index is 4.54. The minimum Gasteiger partial charge on any atom is -0.377 e. The molecule has 0 saturated carbocycles. The predicted molar refractivity (Wildman–Crippen MR) is 79.3 cm³/mol. The van der Waals surface area contributed by atoms with Crippen LogP contribution >= 0.6 is 11.3 Å². The molecule has 18 heavy (non-hydrogen) atoms. The molecule has 0 spiro atoms. The Bertz CT molecular complexity index is 505. The average Bonchev–Trinajstić information content (AvgIpc) is 2.79. The highest BCUT2D eigenvalue weighted by Crippen LogP contribution is 2.24. The van der Waals surface area contributed by atoms with Crippen molar-refractivity contribution in [3.63, 3.8) is 0 Å². The molecule has 0 saturated heterocycles. The van der Waals surface area contributed by atoms with Crippen LogP contribution in [0.3, 0.4) is 0 Å². The van der Waals surface area contributed by atoms with Gasteiger partial charge in [-0.2, -0.15) is 0 Å². The average molecular weight is 260 g/mol. The van der Waals surface area contributed by atoms with Crippen LogP contribution in [0.1, 0.15) is 42.6 Å². The number of thiazole rings is 1. The Kier molecular flexibility index (Phi) is 4.37. The number of nitrogens with zero attached hydrogens (tertiary/aromatic N) is 1. The van der Waals surface area contributed by atoms with E-state index in [1.54, 1.807) is 11.3 Å². The largest absolute Gasteiger partial charge is 0.377 e. The van der Waals surface area contributed by atoms with Crippen molar-refractivity contribution in [1.29, 1.82) is 0 Å². The third-order valence-corrected chi connectivity index (χ3v) is 3.78. The molecule has 2 aromatic rings. The summed E-state index contributed by atoms with van der Waals surface area (Å²) >= 11 is 1.71. The van der Waals surface area contributed by atoms with Crippen LogP contribution in [0.5, 0.6) is 0 Å². The van der Waals surface area contributed by atoms with Gasteiger partial charge in [0.1, 0.15) is 0 Å². The zero-order valence-electron chi connectivity index (χ0n) is 11.2. The molecule has 2 rings (SSSR count). The van der Waals surface area contributed by atoms with Gasteiger partial charge in [0.25, 0.3) is 0 Å². The Morgan fingerprint density at radius 3 is 2.78 bits per heavy atom. The van der Waals surface area contributed by atoms with E-state index in [-0.39, 0.29) is 6.04 Å². The van der Waals surface area contributed by atoms with Gasteiger partial charge in [0.2, 0.25) is 0 Å². The number of aromatic nitrogens is 1. The van der Waals surface area contributed by atoms with Gasteiger partial charge < -0.3 is 5.32 Å². The first-order valence-corrected chi connectivity index (χ1v) is 7.35. The standard InChI is InChI=1S/C15H20N2S/c1-4-7-13-8-5-6-9-14(13)16-11(2)15-10-18-12(3)17-15/h5-6,8-11,16H,4,7H2,1-3H3. The van der Waals surface area contributed by atoms with Gasteiger partial charge in [-0.25, -0.2) is 4.98 Å². The van der Waals surface area contributed by atoms with Crippen LogP contribution in [0.2, 0.25) is 0 Å². The van der Waals surface area contributed by atoms with Crippen molar-refractivity contribution in [2.75, 3.05) is 5.32 Å². The summed E-state index contributed by atoms with van der Waals surface area (Å²) in [5, 5.41) is 6.83. The number of hydrogen-bond acceptors (Lipinski definition) is 3. The SMILES string of the molecule is CCCc1ccccc1NC(C)c1csc(C)n1. The van der Waals surface area contributed by atoms with Crippen LogP contribution in [-0.2, 0) is 6.42 Å². The number of hydrogen-bond donors (Lipinski definition) is 1. The van der Waals surface area contributed by atoms with E-state index >= 15 is 0 Å². The molecule has 1 atom stereocenters. The van der Waals surface area contributed by atoms with Gasteiger partial charge in [-0.15, -0.1) is 11.3 Å². The lowest BCUT2D eigenvalue weighted by molar-refractivity contribution is 0.836. The number of nitrogens with one attached hydrogen (secondary N) is 1. The van der Waals surface area contributed by atoms with E-state index in [1.165, 1.54) is 17.7 Å². The van der Waals surface area contributed by atoms with E-state index in [2.05, 4.69) is 53.8 Å². The third kappa shape index (κ3) is 3.10. The Balaban J connectivity index is 2.13. The molecule has 0 aliphatic carbocycles. The van der Waals surface area contributed by atoms with Gasteiger partial charge in [0.05, 0.1) is 16.7 Å². The van der Waals surface area contributed by atoms with Gasteiger partial charge in [0, 0.05) is 11.1 Å². The van der Waals surface area contributed by atoms with Crippen molar-refractivity contribution in [1.82, 2.24) is 4.98 Å². The van der Waals surface area contributed by atoms with Crippen LogP contribution < -0.4 is 5.32 Å². The molecule has 0 aliphatic heterocycles. The van der Waals surface area contributed by atoms with E-state index in [0.29, 0.717) is 0 Å². The van der Waals surface area contributed by atoms with Crippen molar-refractivity contribution < 1.29 is 0 Å². The molecule has 1 unspecified atom stereocenters. The van der Waals surface area contributed by atoms with Gasteiger partial charge in [-0.05, 0) is 31.9 Å². The van der Waals surface area contributed by atoms with E-state index in [1.807, 2.05) is 6.92 Å². The monoisotopic (exact) mass is 260 g/mol. The Morgan fingerprint density at radius 2 is 2.11 bits per heavy atom. The molecular formula is C15H20N2S. The van der Waals surface area contributed by atoms with E-state index in [0.717, 1.165) is 17.1 Å². The summed E-state index contributed by atoms with van der Waals surface area (Å²) in [6.07, 6.45) is 2.29. The minimum absolute atomic E-state index is 0.257. The Morgan fingerprint density at radius 1 is 1.33 bits per heavy atom. The summed E-state index contributed by atoms with van der Waals surface area (Å²) in [6.45, 7) is 6.42. The first-order chi connectivity index (χ1) is 8.70. The lowest BCUT2D eigenvalue weighted by Crippen LogP contribution is -2.08. The molecule has 1 aromatic heterocycles. The van der Waals surface area contributed by atoms with Crippen LogP contribution in [0.15, 0.2) is 29.6 Å². The number of anilines is 1. The zero-order chi connectivity index (χ0) is 13.0. The Labute approximate surface area is 113 Å². The third-order valence-electron chi connectivity index (χ3n) is 2.99. The highest BCUT2D eigenvalue weighted by molar-refractivity contribution is 7.09. The smallest absolute Gasteiger partial charge is 0.0898 e. The molecule has 1 aromatic carbocycles. The van der Waals surface area contributed by atoms with Crippen LogP contribution in [0.4, 0.5) is 5.69 Å². The fraction of sp³-hybridized carbons (Fsp3) is 0.400. The zero-order valence-corrected chi connectivity index (χ0v) is 12.1. The highest BCUT2D eigenvalue weighted by Gasteiger charge is 2.10. The first-order valence-electron chi connectivity index (χ1n) is 6.47. The predicted octanol–water partition coefficient (Wildman–Crippen LogP) is 4.58. The number of rotatable bonds is 5. The second-order valence-electron chi connectivity index (χ2n) is 4.56. The lowest BCUT2D eigenvalue weighted by Gasteiger charge is -2.16. The summed E-state index contributed by atoms with van der Waals surface area (Å²) in [7, 11) is 0. The molecule has 0 fully saturated rings. The number of para-hydroxylation sites is 1. The van der Waals surface area contributed by atoms with Crippen molar-refractivity contribution >= 4 is 17.0 Å². The summed E-state index contributed by atoms with van der Waals surface area (Å²) in [4.78, 5) is 4.54. The topological polar surface area (TPSA) is 24.9 Å². The molecule has 0 bridgehead atoms. The summed E-state index contributed by atoms with van der Waals surface area (Å²) < 4.78 is 0. The van der Waals surface area contributed by atoms with Gasteiger partial charge >= 0.3 is 0 Å². The molecule has 0 aliphatic rings. The summed E-state index contributed by atoms with van der Waals surface area (Å²) in [6, 6.07) is 8.80.